The van der Waals surface area contributed by atoms with Gasteiger partial charge in [0, 0.05) is 13.1 Å². The second kappa shape index (κ2) is 14.2. The first-order valence-electron chi connectivity index (χ1n) is 14.4. The minimum atomic E-state index is -3.79. The van der Waals surface area contributed by atoms with Crippen LogP contribution in [0.25, 0.3) is 0 Å². The van der Waals surface area contributed by atoms with Crippen LogP contribution in [0.5, 0.6) is 11.5 Å². The van der Waals surface area contributed by atoms with Crippen molar-refractivity contribution in [3.8, 4) is 11.5 Å². The van der Waals surface area contributed by atoms with Gasteiger partial charge in [0.1, 0.15) is 22.7 Å². The molecule has 0 aromatic heterocycles. The summed E-state index contributed by atoms with van der Waals surface area (Å²) in [6, 6.07) is 29.0. The highest BCUT2D eigenvalue weighted by Gasteiger charge is 2.23. The third kappa shape index (κ3) is 8.70. The maximum absolute atomic E-state index is 13.4. The van der Waals surface area contributed by atoms with E-state index < -0.39 is 27.5 Å². The summed E-state index contributed by atoms with van der Waals surface area (Å²) < 4.78 is 43.3. The average Bonchev–Trinajstić information content (AvgIpc) is 3.00. The van der Waals surface area contributed by atoms with Gasteiger partial charge in [-0.05, 0) is 93.8 Å². The maximum Gasteiger partial charge on any atom is 0.410 e. The molecule has 0 atom stereocenters. The number of carbonyl (C=O) groups is 2. The van der Waals surface area contributed by atoms with Crippen molar-refractivity contribution in [1.29, 1.82) is 0 Å². The normalized spacial score (nSPS) is 11.5. The van der Waals surface area contributed by atoms with Crippen molar-refractivity contribution in [3.63, 3.8) is 0 Å². The van der Waals surface area contributed by atoms with E-state index in [1.165, 1.54) is 12.1 Å². The number of carbonyl (C=O) groups excluding carboxylic acids is 2. The fourth-order valence-corrected chi connectivity index (χ4v) is 5.61. The molecule has 0 saturated carbocycles. The zero-order valence-corrected chi connectivity index (χ0v) is 26.2. The van der Waals surface area contributed by atoms with Crippen LogP contribution in [0.2, 0.25) is 0 Å². The molecule has 0 aliphatic carbocycles. The van der Waals surface area contributed by atoms with Crippen LogP contribution < -0.4 is 4.74 Å². The number of benzene rings is 4. The number of amides is 1. The SMILES string of the molecule is CCOC(=O)c1ccccc1Oc1ccc(S(=O)(=O)c2ccc(CCN(Cc3ccccc3)C(=O)OC(C)(C)C)cc2)cc1. The molecule has 4 aromatic carbocycles. The first-order valence-corrected chi connectivity index (χ1v) is 15.8. The Morgan fingerprint density at radius 1 is 0.750 bits per heavy atom. The topological polar surface area (TPSA) is 99.2 Å². The van der Waals surface area contributed by atoms with Gasteiger partial charge in [0.2, 0.25) is 9.84 Å². The first-order chi connectivity index (χ1) is 21.0. The Bertz CT molecular complexity index is 1660. The molecule has 0 fully saturated rings. The van der Waals surface area contributed by atoms with Crippen LogP contribution in [0.3, 0.4) is 0 Å². The van der Waals surface area contributed by atoms with Gasteiger partial charge in [-0.25, -0.2) is 18.0 Å². The van der Waals surface area contributed by atoms with Gasteiger partial charge in [0.25, 0.3) is 0 Å². The van der Waals surface area contributed by atoms with Crippen molar-refractivity contribution in [3.05, 3.63) is 120 Å². The molecule has 230 valence electrons. The van der Waals surface area contributed by atoms with Gasteiger partial charge in [-0.3, -0.25) is 0 Å². The molecule has 0 aliphatic rings. The van der Waals surface area contributed by atoms with Crippen LogP contribution in [0.15, 0.2) is 113 Å². The highest BCUT2D eigenvalue weighted by Crippen LogP contribution is 2.29. The van der Waals surface area contributed by atoms with E-state index in [-0.39, 0.29) is 22.0 Å². The molecule has 0 saturated heterocycles. The standard InChI is InChI=1S/C35H37NO7S/c1-5-41-33(37)31-13-9-10-14-32(31)42-28-17-21-30(22-18-28)44(39,40)29-19-15-26(16-20-29)23-24-36(34(38)43-35(2,3)4)25-27-11-7-6-8-12-27/h6-22H,5,23-25H2,1-4H3. The summed E-state index contributed by atoms with van der Waals surface area (Å²) in [5.74, 6) is 0.187. The second-order valence-corrected chi connectivity index (χ2v) is 13.0. The Morgan fingerprint density at radius 2 is 1.34 bits per heavy atom. The molecule has 0 heterocycles. The summed E-state index contributed by atoms with van der Waals surface area (Å²) in [5, 5.41) is 0. The molecule has 0 spiro atoms. The van der Waals surface area contributed by atoms with Crippen LogP contribution in [0.4, 0.5) is 4.79 Å². The predicted octanol–water partition coefficient (Wildman–Crippen LogP) is 7.47. The fourth-order valence-electron chi connectivity index (χ4n) is 4.35. The molecule has 0 unspecified atom stereocenters. The zero-order chi connectivity index (χ0) is 31.7. The largest absolute Gasteiger partial charge is 0.462 e. The zero-order valence-electron chi connectivity index (χ0n) is 25.4. The Labute approximate surface area is 259 Å². The number of nitrogens with zero attached hydrogens (tertiary/aromatic N) is 1. The third-order valence-corrected chi connectivity index (χ3v) is 8.30. The molecule has 1 amide bonds. The molecule has 9 heteroatoms. The van der Waals surface area contributed by atoms with Crippen molar-refractivity contribution >= 4 is 21.9 Å². The number of sulfone groups is 1. The molecule has 4 aromatic rings. The van der Waals surface area contributed by atoms with E-state index >= 15 is 0 Å². The van der Waals surface area contributed by atoms with E-state index in [0.717, 1.165) is 11.1 Å². The van der Waals surface area contributed by atoms with Gasteiger partial charge in [-0.2, -0.15) is 0 Å². The van der Waals surface area contributed by atoms with E-state index in [4.69, 9.17) is 14.2 Å². The lowest BCUT2D eigenvalue weighted by Crippen LogP contribution is -2.37. The minimum Gasteiger partial charge on any atom is -0.462 e. The lowest BCUT2D eigenvalue weighted by molar-refractivity contribution is 0.0235. The van der Waals surface area contributed by atoms with Gasteiger partial charge < -0.3 is 19.1 Å². The second-order valence-electron chi connectivity index (χ2n) is 11.1. The molecular weight excluding hydrogens is 578 g/mol. The lowest BCUT2D eigenvalue weighted by Gasteiger charge is -2.27. The van der Waals surface area contributed by atoms with E-state index in [2.05, 4.69) is 0 Å². The summed E-state index contributed by atoms with van der Waals surface area (Å²) in [6.45, 7) is 8.25. The van der Waals surface area contributed by atoms with Gasteiger partial charge in [0.05, 0.1) is 16.4 Å². The fraction of sp³-hybridized carbons (Fsp3) is 0.257. The van der Waals surface area contributed by atoms with Crippen LogP contribution in [0.1, 0.15) is 49.2 Å². The number of ether oxygens (including phenoxy) is 3. The summed E-state index contributed by atoms with van der Waals surface area (Å²) in [5.41, 5.74) is 1.52. The van der Waals surface area contributed by atoms with Crippen LogP contribution in [-0.4, -0.2) is 44.1 Å². The molecular formula is C35H37NO7S. The molecule has 8 nitrogen and oxygen atoms in total. The van der Waals surface area contributed by atoms with Crippen molar-refractivity contribution in [2.24, 2.45) is 0 Å². The summed E-state index contributed by atoms with van der Waals surface area (Å²) in [7, 11) is -3.79. The molecule has 44 heavy (non-hydrogen) atoms. The molecule has 0 bridgehead atoms. The Morgan fingerprint density at radius 3 is 1.95 bits per heavy atom. The van der Waals surface area contributed by atoms with Crippen LogP contribution in [0, 0.1) is 0 Å². The van der Waals surface area contributed by atoms with E-state index in [9.17, 15) is 18.0 Å². The van der Waals surface area contributed by atoms with Crippen LogP contribution in [-0.2, 0) is 32.3 Å². The van der Waals surface area contributed by atoms with E-state index in [1.807, 2.05) is 51.1 Å². The highest BCUT2D eigenvalue weighted by atomic mass is 32.2. The van der Waals surface area contributed by atoms with Gasteiger partial charge in [-0.1, -0.05) is 54.6 Å². The summed E-state index contributed by atoms with van der Waals surface area (Å²) >= 11 is 0. The minimum absolute atomic E-state index is 0.107. The Balaban J connectivity index is 1.43. The number of esters is 1. The number of hydrogen-bond donors (Lipinski definition) is 0. The summed E-state index contributed by atoms with van der Waals surface area (Å²) in [6.07, 6.45) is 0.114. The third-order valence-electron chi connectivity index (χ3n) is 6.52. The smallest absolute Gasteiger partial charge is 0.410 e. The lowest BCUT2D eigenvalue weighted by atomic mass is 10.1. The predicted molar refractivity (Wildman–Crippen MR) is 168 cm³/mol. The number of para-hydroxylation sites is 1. The van der Waals surface area contributed by atoms with Crippen molar-refractivity contribution < 1.29 is 32.2 Å². The maximum atomic E-state index is 13.4. The van der Waals surface area contributed by atoms with Crippen molar-refractivity contribution in [1.82, 2.24) is 4.90 Å². The molecule has 0 N–H and O–H groups in total. The Hall–Kier alpha value is -4.63. The highest BCUT2D eigenvalue weighted by molar-refractivity contribution is 7.91. The van der Waals surface area contributed by atoms with E-state index in [1.54, 1.807) is 72.5 Å². The van der Waals surface area contributed by atoms with Crippen LogP contribution >= 0.6 is 0 Å². The Kier molecular flexibility index (Phi) is 10.4. The number of rotatable bonds is 11. The molecule has 0 radical (unpaired) electrons. The molecule has 0 aliphatic heterocycles. The average molecular weight is 616 g/mol. The number of hydrogen-bond acceptors (Lipinski definition) is 7. The van der Waals surface area contributed by atoms with E-state index in [0.29, 0.717) is 31.0 Å². The van der Waals surface area contributed by atoms with Crippen molar-refractivity contribution in [2.75, 3.05) is 13.2 Å². The van der Waals surface area contributed by atoms with Crippen molar-refractivity contribution in [2.45, 2.75) is 56.1 Å². The summed E-state index contributed by atoms with van der Waals surface area (Å²) in [4.78, 5) is 27.1. The van der Waals surface area contributed by atoms with Gasteiger partial charge in [-0.15, -0.1) is 0 Å². The monoisotopic (exact) mass is 615 g/mol. The first kappa shape index (κ1) is 32.3. The quantitative estimate of drug-likeness (QED) is 0.161. The van der Waals surface area contributed by atoms with Gasteiger partial charge >= 0.3 is 12.1 Å². The van der Waals surface area contributed by atoms with Gasteiger partial charge in [0.15, 0.2) is 0 Å². The molecule has 4 rings (SSSR count).